The van der Waals surface area contributed by atoms with Crippen molar-refractivity contribution in [1.82, 2.24) is 4.98 Å². The lowest BCUT2D eigenvalue weighted by Gasteiger charge is -2.17. The Morgan fingerprint density at radius 1 is 1.11 bits per heavy atom. The molecule has 19 heavy (non-hydrogen) atoms. The van der Waals surface area contributed by atoms with E-state index in [9.17, 15) is 0 Å². The maximum absolute atomic E-state index is 4.48. The van der Waals surface area contributed by atoms with E-state index in [1.807, 2.05) is 12.3 Å². The Hall–Kier alpha value is -1.09. The van der Waals surface area contributed by atoms with Gasteiger partial charge in [-0.2, -0.15) is 0 Å². The van der Waals surface area contributed by atoms with Gasteiger partial charge in [0.1, 0.15) is 5.82 Å². The van der Waals surface area contributed by atoms with Crippen LogP contribution in [0, 0.1) is 5.92 Å². The van der Waals surface area contributed by atoms with Gasteiger partial charge in [0.2, 0.25) is 0 Å². The molecule has 0 fully saturated rings. The predicted octanol–water partition coefficient (Wildman–Crippen LogP) is 5.23. The van der Waals surface area contributed by atoms with Gasteiger partial charge in [-0.15, -0.1) is 0 Å². The van der Waals surface area contributed by atoms with Crippen LogP contribution in [0.25, 0.3) is 10.8 Å². The van der Waals surface area contributed by atoms with Gasteiger partial charge >= 0.3 is 0 Å². The van der Waals surface area contributed by atoms with Gasteiger partial charge in [0, 0.05) is 27.5 Å². The molecule has 0 bridgehead atoms. The first kappa shape index (κ1) is 14.3. The second-order valence-corrected chi connectivity index (χ2v) is 6.37. The van der Waals surface area contributed by atoms with E-state index in [4.69, 9.17) is 0 Å². The van der Waals surface area contributed by atoms with Crippen LogP contribution < -0.4 is 5.32 Å². The van der Waals surface area contributed by atoms with Crippen LogP contribution in [-0.4, -0.2) is 11.0 Å². The molecule has 1 atom stereocenters. The SMILES string of the molecule is CC(C)CCC(C)Nc1nccc2c(Br)cccc12. The Balaban J connectivity index is 2.19. The molecule has 0 aliphatic rings. The maximum Gasteiger partial charge on any atom is 0.134 e. The topological polar surface area (TPSA) is 24.9 Å². The third-order valence-electron chi connectivity index (χ3n) is 3.31. The van der Waals surface area contributed by atoms with Crippen LogP contribution >= 0.6 is 15.9 Å². The van der Waals surface area contributed by atoms with Crippen molar-refractivity contribution >= 4 is 32.5 Å². The third kappa shape index (κ3) is 3.69. The van der Waals surface area contributed by atoms with E-state index in [0.29, 0.717) is 6.04 Å². The zero-order valence-electron chi connectivity index (χ0n) is 11.8. The summed E-state index contributed by atoms with van der Waals surface area (Å²) in [5.74, 6) is 1.73. The molecule has 0 aliphatic carbocycles. The average molecular weight is 321 g/mol. The van der Waals surface area contributed by atoms with Crippen molar-refractivity contribution in [2.24, 2.45) is 5.92 Å². The Morgan fingerprint density at radius 2 is 1.89 bits per heavy atom. The molecule has 1 aromatic carbocycles. The maximum atomic E-state index is 4.48. The molecule has 2 rings (SSSR count). The smallest absolute Gasteiger partial charge is 0.134 e. The van der Waals surface area contributed by atoms with Crippen molar-refractivity contribution in [1.29, 1.82) is 0 Å². The van der Waals surface area contributed by atoms with Gasteiger partial charge in [-0.25, -0.2) is 4.98 Å². The molecule has 0 saturated carbocycles. The van der Waals surface area contributed by atoms with Crippen molar-refractivity contribution in [2.45, 2.75) is 39.7 Å². The summed E-state index contributed by atoms with van der Waals surface area (Å²) in [4.78, 5) is 4.48. The number of nitrogens with zero attached hydrogens (tertiary/aromatic N) is 1. The number of hydrogen-bond acceptors (Lipinski definition) is 2. The number of aromatic nitrogens is 1. The molecule has 1 unspecified atom stereocenters. The summed E-state index contributed by atoms with van der Waals surface area (Å²) in [6, 6.07) is 8.72. The van der Waals surface area contributed by atoms with Crippen LogP contribution in [0.3, 0.4) is 0 Å². The molecule has 1 aromatic heterocycles. The summed E-state index contributed by atoms with van der Waals surface area (Å²) >= 11 is 3.59. The number of anilines is 1. The number of fused-ring (bicyclic) bond motifs is 1. The fourth-order valence-corrected chi connectivity index (χ4v) is 2.67. The van der Waals surface area contributed by atoms with Crippen molar-refractivity contribution in [2.75, 3.05) is 5.32 Å². The molecule has 3 heteroatoms. The van der Waals surface area contributed by atoms with Crippen LogP contribution in [0.2, 0.25) is 0 Å². The summed E-state index contributed by atoms with van der Waals surface area (Å²) < 4.78 is 1.12. The van der Waals surface area contributed by atoms with Crippen molar-refractivity contribution < 1.29 is 0 Å². The Morgan fingerprint density at radius 3 is 2.63 bits per heavy atom. The normalized spacial score (nSPS) is 12.9. The fourth-order valence-electron chi connectivity index (χ4n) is 2.17. The number of rotatable bonds is 5. The fraction of sp³-hybridized carbons (Fsp3) is 0.438. The van der Waals surface area contributed by atoms with Crippen LogP contribution in [0.4, 0.5) is 5.82 Å². The number of halogens is 1. The first-order chi connectivity index (χ1) is 9.08. The van der Waals surface area contributed by atoms with Gasteiger partial charge < -0.3 is 5.32 Å². The highest BCUT2D eigenvalue weighted by Crippen LogP contribution is 2.28. The van der Waals surface area contributed by atoms with E-state index in [1.165, 1.54) is 23.6 Å². The standard InChI is InChI=1S/C16H21BrN2/c1-11(2)7-8-12(3)19-16-14-5-4-6-15(17)13(14)9-10-18-16/h4-6,9-12H,7-8H2,1-3H3,(H,18,19). The molecule has 102 valence electrons. The van der Waals surface area contributed by atoms with Crippen LogP contribution in [0.15, 0.2) is 34.9 Å². The highest BCUT2D eigenvalue weighted by molar-refractivity contribution is 9.10. The zero-order chi connectivity index (χ0) is 13.8. The summed E-state index contributed by atoms with van der Waals surface area (Å²) in [5.41, 5.74) is 0. The molecule has 1 heterocycles. The highest BCUT2D eigenvalue weighted by atomic mass is 79.9. The molecule has 1 N–H and O–H groups in total. The van der Waals surface area contributed by atoms with Gasteiger partial charge in [0.15, 0.2) is 0 Å². The number of benzene rings is 1. The van der Waals surface area contributed by atoms with Crippen molar-refractivity contribution in [3.8, 4) is 0 Å². The lowest BCUT2D eigenvalue weighted by Crippen LogP contribution is -2.16. The summed E-state index contributed by atoms with van der Waals surface area (Å²) in [6.45, 7) is 6.75. The molecular weight excluding hydrogens is 300 g/mol. The molecule has 2 nitrogen and oxygen atoms in total. The second-order valence-electron chi connectivity index (χ2n) is 5.51. The molecule has 0 saturated heterocycles. The zero-order valence-corrected chi connectivity index (χ0v) is 13.4. The van der Waals surface area contributed by atoms with E-state index >= 15 is 0 Å². The Kier molecular flexibility index (Phi) is 4.81. The van der Waals surface area contributed by atoms with Crippen molar-refractivity contribution in [3.05, 3.63) is 34.9 Å². The number of hydrogen-bond donors (Lipinski definition) is 1. The van der Waals surface area contributed by atoms with Crippen LogP contribution in [-0.2, 0) is 0 Å². The van der Waals surface area contributed by atoms with Crippen LogP contribution in [0.5, 0.6) is 0 Å². The largest absolute Gasteiger partial charge is 0.367 e. The van der Waals surface area contributed by atoms with E-state index in [-0.39, 0.29) is 0 Å². The number of nitrogens with one attached hydrogen (secondary N) is 1. The predicted molar refractivity (Wildman–Crippen MR) is 86.6 cm³/mol. The molecular formula is C16H21BrN2. The third-order valence-corrected chi connectivity index (χ3v) is 4.00. The van der Waals surface area contributed by atoms with Gasteiger partial charge in [-0.3, -0.25) is 0 Å². The molecule has 0 radical (unpaired) electrons. The molecule has 0 aliphatic heterocycles. The van der Waals surface area contributed by atoms with Crippen LogP contribution in [0.1, 0.15) is 33.6 Å². The van der Waals surface area contributed by atoms with Crippen molar-refractivity contribution in [3.63, 3.8) is 0 Å². The lowest BCUT2D eigenvalue weighted by atomic mass is 10.0. The van der Waals surface area contributed by atoms with Gasteiger partial charge in [0.25, 0.3) is 0 Å². The average Bonchev–Trinajstić information content (AvgIpc) is 2.38. The second kappa shape index (κ2) is 6.38. The van der Waals surface area contributed by atoms with Gasteiger partial charge in [0.05, 0.1) is 0 Å². The summed E-state index contributed by atoms with van der Waals surface area (Å²) in [7, 11) is 0. The quantitative estimate of drug-likeness (QED) is 0.815. The first-order valence-corrected chi connectivity index (χ1v) is 7.67. The Bertz CT molecular complexity index is 551. The first-order valence-electron chi connectivity index (χ1n) is 6.87. The summed E-state index contributed by atoms with van der Waals surface area (Å²) in [5, 5.41) is 5.91. The number of pyridine rings is 1. The molecule has 0 amide bonds. The lowest BCUT2D eigenvalue weighted by molar-refractivity contribution is 0.527. The highest BCUT2D eigenvalue weighted by Gasteiger charge is 2.08. The monoisotopic (exact) mass is 320 g/mol. The minimum absolute atomic E-state index is 0.444. The van der Waals surface area contributed by atoms with E-state index in [0.717, 1.165) is 16.2 Å². The summed E-state index contributed by atoms with van der Waals surface area (Å²) in [6.07, 6.45) is 4.27. The van der Waals surface area contributed by atoms with Gasteiger partial charge in [-0.05, 0) is 37.8 Å². The van der Waals surface area contributed by atoms with E-state index in [1.54, 1.807) is 0 Å². The molecule has 0 spiro atoms. The minimum Gasteiger partial charge on any atom is -0.367 e. The Labute approximate surface area is 123 Å². The minimum atomic E-state index is 0.444. The van der Waals surface area contributed by atoms with Gasteiger partial charge in [-0.1, -0.05) is 41.9 Å². The molecule has 2 aromatic rings. The van der Waals surface area contributed by atoms with E-state index < -0.39 is 0 Å². The van der Waals surface area contributed by atoms with E-state index in [2.05, 4.69) is 65.2 Å².